The first kappa shape index (κ1) is 14.5. The van der Waals surface area contributed by atoms with Crippen LogP contribution in [0.25, 0.3) is 0 Å². The van der Waals surface area contributed by atoms with Crippen LogP contribution < -0.4 is 10.2 Å². The molecule has 19 heavy (non-hydrogen) atoms. The Bertz CT molecular complexity index is 606. The molecule has 0 aliphatic rings. The molecule has 0 aliphatic carbocycles. The Kier molecular flexibility index (Phi) is 4.59. The summed E-state index contributed by atoms with van der Waals surface area (Å²) >= 11 is 12.7. The van der Waals surface area contributed by atoms with Crippen LogP contribution in [0, 0.1) is 0 Å². The summed E-state index contributed by atoms with van der Waals surface area (Å²) in [4.78, 5) is 14.1. The molecule has 0 fully saturated rings. The van der Waals surface area contributed by atoms with E-state index in [0.29, 0.717) is 11.9 Å². The van der Waals surface area contributed by atoms with Gasteiger partial charge in [0.05, 0.1) is 5.69 Å². The van der Waals surface area contributed by atoms with Crippen LogP contribution in [0.3, 0.4) is 0 Å². The largest absolute Gasteiger partial charge is 0.347 e. The van der Waals surface area contributed by atoms with Crippen molar-refractivity contribution >= 4 is 61.0 Å². The summed E-state index contributed by atoms with van der Waals surface area (Å²) < 4.78 is 1.87. The van der Waals surface area contributed by atoms with Gasteiger partial charge in [0, 0.05) is 23.0 Å². The summed E-state index contributed by atoms with van der Waals surface area (Å²) in [6.45, 7) is 0. The lowest BCUT2D eigenvalue weighted by atomic mass is 10.3. The van der Waals surface area contributed by atoms with Crippen molar-refractivity contribution in [1.29, 1.82) is 0 Å². The molecule has 2 aromatic rings. The molecule has 0 aliphatic heterocycles. The lowest BCUT2D eigenvalue weighted by Gasteiger charge is -2.12. The molecule has 1 aromatic heterocycles. The van der Waals surface area contributed by atoms with Crippen molar-refractivity contribution in [3.8, 4) is 0 Å². The summed E-state index contributed by atoms with van der Waals surface area (Å²) in [5.41, 5.74) is 0.843. The van der Waals surface area contributed by atoms with Crippen molar-refractivity contribution in [2.75, 3.05) is 24.3 Å². The highest BCUT2D eigenvalue weighted by Crippen LogP contribution is 2.28. The third kappa shape index (κ3) is 3.77. The average molecular weight is 407 g/mol. The monoisotopic (exact) mass is 405 g/mol. The van der Waals surface area contributed by atoms with Gasteiger partial charge in [-0.05, 0) is 45.7 Å². The Balaban J connectivity index is 2.32. The summed E-state index contributed by atoms with van der Waals surface area (Å²) in [6, 6.07) is 5.75. The van der Waals surface area contributed by atoms with Gasteiger partial charge in [0.25, 0.3) is 0 Å². The van der Waals surface area contributed by atoms with Gasteiger partial charge in [0.15, 0.2) is 0 Å². The van der Waals surface area contributed by atoms with Crippen molar-refractivity contribution in [1.82, 2.24) is 15.0 Å². The van der Waals surface area contributed by atoms with Gasteiger partial charge in [-0.2, -0.15) is 15.0 Å². The van der Waals surface area contributed by atoms with Crippen molar-refractivity contribution in [2.45, 2.75) is 0 Å². The summed E-state index contributed by atoms with van der Waals surface area (Å²) in [5, 5.41) is 3.24. The van der Waals surface area contributed by atoms with E-state index >= 15 is 0 Å². The van der Waals surface area contributed by atoms with E-state index in [4.69, 9.17) is 11.6 Å². The topological polar surface area (TPSA) is 53.9 Å². The number of anilines is 3. The first-order valence-corrected chi connectivity index (χ1v) is 7.23. The van der Waals surface area contributed by atoms with E-state index in [1.165, 1.54) is 0 Å². The number of hydrogen-bond acceptors (Lipinski definition) is 5. The maximum atomic E-state index is 5.88. The van der Waals surface area contributed by atoms with Gasteiger partial charge < -0.3 is 10.2 Å². The van der Waals surface area contributed by atoms with Crippen LogP contribution in [0.15, 0.2) is 27.1 Å². The Morgan fingerprint density at radius 3 is 2.53 bits per heavy atom. The predicted molar refractivity (Wildman–Crippen MR) is 84.3 cm³/mol. The summed E-state index contributed by atoms with van der Waals surface area (Å²) in [5.74, 6) is 0.891. The molecule has 0 spiro atoms. The van der Waals surface area contributed by atoms with Gasteiger partial charge in [-0.25, -0.2) is 0 Å². The van der Waals surface area contributed by atoms with Gasteiger partial charge in [0.2, 0.25) is 17.2 Å². The van der Waals surface area contributed by atoms with E-state index in [-0.39, 0.29) is 5.28 Å². The molecule has 0 saturated carbocycles. The first-order valence-electron chi connectivity index (χ1n) is 5.26. The van der Waals surface area contributed by atoms with Crippen LogP contribution in [-0.2, 0) is 0 Å². The molecule has 5 nitrogen and oxygen atoms in total. The molecule has 1 heterocycles. The van der Waals surface area contributed by atoms with Crippen molar-refractivity contribution in [2.24, 2.45) is 0 Å². The zero-order valence-electron chi connectivity index (χ0n) is 10.2. The molecular formula is C11H10Br2ClN5. The van der Waals surface area contributed by atoms with E-state index in [1.807, 2.05) is 32.3 Å². The minimum atomic E-state index is 0.148. The normalized spacial score (nSPS) is 10.4. The van der Waals surface area contributed by atoms with Gasteiger partial charge in [0.1, 0.15) is 0 Å². The van der Waals surface area contributed by atoms with Gasteiger partial charge in [-0.1, -0.05) is 15.9 Å². The fourth-order valence-corrected chi connectivity index (χ4v) is 2.61. The minimum absolute atomic E-state index is 0.148. The molecule has 1 aromatic carbocycles. The van der Waals surface area contributed by atoms with Gasteiger partial charge in [-0.3, -0.25) is 0 Å². The Morgan fingerprint density at radius 1 is 1.16 bits per heavy atom. The molecule has 100 valence electrons. The number of benzene rings is 1. The van der Waals surface area contributed by atoms with Crippen LogP contribution in [0.5, 0.6) is 0 Å². The smallest absolute Gasteiger partial charge is 0.233 e. The van der Waals surface area contributed by atoms with E-state index in [9.17, 15) is 0 Å². The Hall–Kier alpha value is -0.920. The second-order valence-electron chi connectivity index (χ2n) is 3.87. The number of hydrogen-bond donors (Lipinski definition) is 1. The van der Waals surface area contributed by atoms with Crippen molar-refractivity contribution in [3.05, 3.63) is 32.4 Å². The number of rotatable bonds is 3. The van der Waals surface area contributed by atoms with Crippen molar-refractivity contribution in [3.63, 3.8) is 0 Å². The highest BCUT2D eigenvalue weighted by atomic mass is 79.9. The highest BCUT2D eigenvalue weighted by molar-refractivity contribution is 9.11. The molecule has 0 radical (unpaired) electrons. The zero-order valence-corrected chi connectivity index (χ0v) is 14.1. The highest BCUT2D eigenvalue weighted by Gasteiger charge is 2.08. The molecule has 8 heteroatoms. The maximum absolute atomic E-state index is 5.88. The standard InChI is InChI=1S/C11H10Br2ClN5/c1-19(2)11-17-9(14)16-10(18-11)15-8-4-3-6(12)5-7(8)13/h3-5H,1-2H3,(H,15,16,17,18). The molecule has 0 bridgehead atoms. The quantitative estimate of drug-likeness (QED) is 0.837. The predicted octanol–water partition coefficient (Wildman–Crippen LogP) is 3.86. The van der Waals surface area contributed by atoms with Crippen LogP contribution >= 0.6 is 43.5 Å². The fraction of sp³-hybridized carbons (Fsp3) is 0.182. The van der Waals surface area contributed by atoms with Gasteiger partial charge in [-0.15, -0.1) is 0 Å². The minimum Gasteiger partial charge on any atom is -0.347 e. The third-order valence-electron chi connectivity index (χ3n) is 2.17. The van der Waals surface area contributed by atoms with E-state index in [2.05, 4.69) is 52.1 Å². The van der Waals surface area contributed by atoms with E-state index < -0.39 is 0 Å². The number of aromatic nitrogens is 3. The van der Waals surface area contributed by atoms with Crippen LogP contribution in [-0.4, -0.2) is 29.0 Å². The molecule has 2 rings (SSSR count). The maximum Gasteiger partial charge on any atom is 0.233 e. The Morgan fingerprint density at radius 2 is 1.89 bits per heavy atom. The molecule has 0 unspecified atom stereocenters. The fourth-order valence-electron chi connectivity index (χ4n) is 1.31. The van der Waals surface area contributed by atoms with E-state index in [1.54, 1.807) is 4.90 Å². The van der Waals surface area contributed by atoms with Crippen LogP contribution in [0.2, 0.25) is 5.28 Å². The van der Waals surface area contributed by atoms with Crippen molar-refractivity contribution < 1.29 is 0 Å². The van der Waals surface area contributed by atoms with E-state index in [0.717, 1.165) is 14.6 Å². The second-order valence-corrected chi connectivity index (χ2v) is 5.98. The summed E-state index contributed by atoms with van der Waals surface area (Å²) in [7, 11) is 3.68. The Labute approximate surface area is 132 Å². The lowest BCUT2D eigenvalue weighted by Crippen LogP contribution is -2.14. The molecule has 0 saturated heterocycles. The SMILES string of the molecule is CN(C)c1nc(Cl)nc(Nc2ccc(Br)cc2Br)n1. The number of halogens is 3. The number of nitrogens with one attached hydrogen (secondary N) is 1. The van der Waals surface area contributed by atoms with Gasteiger partial charge >= 0.3 is 0 Å². The number of nitrogens with zero attached hydrogens (tertiary/aromatic N) is 4. The molecular weight excluding hydrogens is 397 g/mol. The molecule has 1 N–H and O–H groups in total. The summed E-state index contributed by atoms with van der Waals surface area (Å²) in [6.07, 6.45) is 0. The van der Waals surface area contributed by atoms with Crippen LogP contribution in [0.4, 0.5) is 17.6 Å². The zero-order chi connectivity index (χ0) is 14.0. The average Bonchev–Trinajstić information content (AvgIpc) is 2.32. The second kappa shape index (κ2) is 6.02. The molecule has 0 atom stereocenters. The third-order valence-corrected chi connectivity index (χ3v) is 3.49. The first-order chi connectivity index (χ1) is 8.95. The van der Waals surface area contributed by atoms with Crippen LogP contribution in [0.1, 0.15) is 0 Å². The molecule has 0 amide bonds. The lowest BCUT2D eigenvalue weighted by molar-refractivity contribution is 0.961.